The summed E-state index contributed by atoms with van der Waals surface area (Å²) in [5, 5.41) is 6.12. The third kappa shape index (κ3) is 5.00. The molecule has 10 heteroatoms. The smallest absolute Gasteiger partial charge is 0.252 e. The van der Waals surface area contributed by atoms with Gasteiger partial charge in [-0.2, -0.15) is 0 Å². The number of pyridine rings is 1. The molecule has 0 spiro atoms. The van der Waals surface area contributed by atoms with Crippen molar-refractivity contribution >= 4 is 58.0 Å². The quantitative estimate of drug-likeness (QED) is 0.385. The summed E-state index contributed by atoms with van der Waals surface area (Å²) < 4.78 is 0.0386. The molecule has 3 unspecified atom stereocenters. The SMILES string of the molecule is O=C(NC(NC(=S)N1CC2CC(C1)c1cccc(=O)n1C2)C(Cl)(Cl)Cl)c1ccccc1. The van der Waals surface area contributed by atoms with E-state index in [1.54, 1.807) is 36.4 Å². The van der Waals surface area contributed by atoms with Crippen LogP contribution in [0.5, 0.6) is 0 Å². The minimum Gasteiger partial charge on any atom is -0.348 e. The zero-order valence-electron chi connectivity index (χ0n) is 16.4. The predicted octanol–water partition coefficient (Wildman–Crippen LogP) is 3.27. The lowest BCUT2D eigenvalue weighted by atomic mass is 9.83. The molecule has 3 heterocycles. The lowest BCUT2D eigenvalue weighted by Crippen LogP contribution is -2.60. The zero-order chi connectivity index (χ0) is 22.2. The van der Waals surface area contributed by atoms with E-state index in [0.29, 0.717) is 30.3 Å². The van der Waals surface area contributed by atoms with Crippen molar-refractivity contribution in [3.8, 4) is 0 Å². The number of hydrogen-bond acceptors (Lipinski definition) is 3. The Hall–Kier alpha value is -1.80. The van der Waals surface area contributed by atoms with Crippen molar-refractivity contribution in [1.82, 2.24) is 20.1 Å². The minimum absolute atomic E-state index is 0.0289. The van der Waals surface area contributed by atoms with Crippen LogP contribution in [0.3, 0.4) is 0 Å². The normalized spacial score (nSPS) is 21.1. The van der Waals surface area contributed by atoms with E-state index in [1.165, 1.54) is 0 Å². The van der Waals surface area contributed by atoms with Gasteiger partial charge >= 0.3 is 0 Å². The molecule has 164 valence electrons. The van der Waals surface area contributed by atoms with Crippen LogP contribution in [0.25, 0.3) is 0 Å². The van der Waals surface area contributed by atoms with Crippen molar-refractivity contribution < 1.29 is 4.79 Å². The summed E-state index contributed by atoms with van der Waals surface area (Å²) >= 11 is 24.0. The fourth-order valence-corrected chi connectivity index (χ4v) is 4.88. The number of piperidine rings is 1. The molecule has 4 rings (SSSR count). The summed E-state index contributed by atoms with van der Waals surface area (Å²) in [6.45, 7) is 1.98. The van der Waals surface area contributed by atoms with Crippen molar-refractivity contribution in [2.24, 2.45) is 5.92 Å². The van der Waals surface area contributed by atoms with E-state index in [0.717, 1.165) is 12.1 Å². The van der Waals surface area contributed by atoms with Gasteiger partial charge in [-0.25, -0.2) is 0 Å². The molecule has 0 radical (unpaired) electrons. The molecule has 2 aliphatic rings. The van der Waals surface area contributed by atoms with Crippen LogP contribution in [0.4, 0.5) is 0 Å². The van der Waals surface area contributed by atoms with Gasteiger partial charge in [0.25, 0.3) is 11.5 Å². The second-order valence-corrected chi connectivity index (χ2v) is 10.6. The molecule has 0 saturated carbocycles. The van der Waals surface area contributed by atoms with E-state index in [4.69, 9.17) is 47.0 Å². The molecule has 1 fully saturated rings. The maximum Gasteiger partial charge on any atom is 0.252 e. The number of hydrogen-bond donors (Lipinski definition) is 2. The van der Waals surface area contributed by atoms with Gasteiger partial charge in [0, 0.05) is 42.9 Å². The molecular weight excluding hydrogens is 479 g/mol. The number of carbonyl (C=O) groups is 1. The van der Waals surface area contributed by atoms with Crippen LogP contribution in [0.2, 0.25) is 0 Å². The summed E-state index contributed by atoms with van der Waals surface area (Å²) in [4.78, 5) is 26.8. The van der Waals surface area contributed by atoms with Gasteiger partial charge in [0.05, 0.1) is 0 Å². The van der Waals surface area contributed by atoms with Crippen LogP contribution in [-0.4, -0.2) is 43.5 Å². The molecule has 1 aromatic carbocycles. The van der Waals surface area contributed by atoms with Gasteiger partial charge in [0.2, 0.25) is 3.79 Å². The van der Waals surface area contributed by atoms with Crippen molar-refractivity contribution in [3.63, 3.8) is 0 Å². The lowest BCUT2D eigenvalue weighted by Gasteiger charge is -2.44. The van der Waals surface area contributed by atoms with Gasteiger partial charge in [0.1, 0.15) is 6.17 Å². The minimum atomic E-state index is -1.82. The van der Waals surface area contributed by atoms with Gasteiger partial charge in [0.15, 0.2) is 5.11 Å². The molecule has 6 nitrogen and oxygen atoms in total. The Morgan fingerprint density at radius 3 is 2.48 bits per heavy atom. The third-order valence-electron chi connectivity index (χ3n) is 5.67. The molecule has 2 aliphatic heterocycles. The number of rotatable bonds is 3. The average Bonchev–Trinajstić information content (AvgIpc) is 2.73. The van der Waals surface area contributed by atoms with Gasteiger partial charge < -0.3 is 20.1 Å². The van der Waals surface area contributed by atoms with Gasteiger partial charge in [-0.3, -0.25) is 9.59 Å². The number of fused-ring (bicyclic) bond motifs is 4. The summed E-state index contributed by atoms with van der Waals surface area (Å²) in [7, 11) is 0. The van der Waals surface area contributed by atoms with E-state index in [2.05, 4.69) is 10.6 Å². The van der Waals surface area contributed by atoms with E-state index in [1.807, 2.05) is 21.6 Å². The number of alkyl halides is 3. The van der Waals surface area contributed by atoms with Crippen molar-refractivity contribution in [1.29, 1.82) is 0 Å². The molecule has 0 aliphatic carbocycles. The van der Waals surface area contributed by atoms with Crippen LogP contribution < -0.4 is 16.2 Å². The second kappa shape index (κ2) is 8.98. The van der Waals surface area contributed by atoms with E-state index in [9.17, 15) is 9.59 Å². The Balaban J connectivity index is 1.47. The Morgan fingerprint density at radius 1 is 1.03 bits per heavy atom. The number of aromatic nitrogens is 1. The van der Waals surface area contributed by atoms with E-state index < -0.39 is 9.96 Å². The van der Waals surface area contributed by atoms with Gasteiger partial charge in [-0.1, -0.05) is 59.1 Å². The first-order chi connectivity index (χ1) is 14.7. The molecule has 1 saturated heterocycles. The van der Waals surface area contributed by atoms with E-state index in [-0.39, 0.29) is 23.3 Å². The number of amides is 1. The monoisotopic (exact) mass is 498 g/mol. The summed E-state index contributed by atoms with van der Waals surface area (Å²) in [6.07, 6.45) is -0.0179. The van der Waals surface area contributed by atoms with Crippen molar-refractivity contribution in [3.05, 3.63) is 70.1 Å². The first-order valence-electron chi connectivity index (χ1n) is 9.90. The summed E-state index contributed by atoms with van der Waals surface area (Å²) in [6, 6.07) is 14.1. The fraction of sp³-hybridized carbons (Fsp3) is 0.381. The molecule has 2 aromatic rings. The van der Waals surface area contributed by atoms with Gasteiger partial charge in [-0.05, 0) is 42.8 Å². The number of nitrogens with zero attached hydrogens (tertiary/aromatic N) is 2. The Morgan fingerprint density at radius 2 is 1.77 bits per heavy atom. The molecule has 2 bridgehead atoms. The van der Waals surface area contributed by atoms with Crippen LogP contribution >= 0.6 is 47.0 Å². The summed E-state index contributed by atoms with van der Waals surface area (Å²) in [5.41, 5.74) is 1.50. The first kappa shape index (κ1) is 22.4. The highest BCUT2D eigenvalue weighted by Gasteiger charge is 2.39. The third-order valence-corrected chi connectivity index (χ3v) is 6.70. The van der Waals surface area contributed by atoms with Gasteiger partial charge in [-0.15, -0.1) is 0 Å². The second-order valence-electron chi connectivity index (χ2n) is 7.87. The highest BCUT2D eigenvalue weighted by molar-refractivity contribution is 7.80. The maximum atomic E-state index is 12.6. The Kier molecular flexibility index (Phi) is 6.49. The molecule has 31 heavy (non-hydrogen) atoms. The largest absolute Gasteiger partial charge is 0.348 e. The summed E-state index contributed by atoms with van der Waals surface area (Å²) in [5.74, 6) is 0.0959. The average molecular weight is 500 g/mol. The number of nitrogens with one attached hydrogen (secondary N) is 2. The zero-order valence-corrected chi connectivity index (χ0v) is 19.5. The van der Waals surface area contributed by atoms with E-state index >= 15 is 0 Å². The Labute approximate surface area is 200 Å². The number of carbonyl (C=O) groups excluding carboxylic acids is 1. The van der Waals surface area contributed by atoms with Crippen LogP contribution in [0, 0.1) is 5.92 Å². The predicted molar refractivity (Wildman–Crippen MR) is 127 cm³/mol. The fourth-order valence-electron chi connectivity index (χ4n) is 4.28. The molecule has 1 amide bonds. The van der Waals surface area contributed by atoms with Crippen molar-refractivity contribution in [2.45, 2.75) is 28.8 Å². The van der Waals surface area contributed by atoms with Crippen molar-refractivity contribution in [2.75, 3.05) is 13.1 Å². The molecule has 1 aromatic heterocycles. The topological polar surface area (TPSA) is 66.4 Å². The maximum absolute atomic E-state index is 12.6. The lowest BCUT2D eigenvalue weighted by molar-refractivity contribution is 0.0932. The Bertz CT molecular complexity index is 1040. The first-order valence-corrected chi connectivity index (χ1v) is 11.4. The number of likely N-dealkylation sites (tertiary alicyclic amines) is 1. The highest BCUT2D eigenvalue weighted by Crippen LogP contribution is 2.35. The van der Waals surface area contributed by atoms with Crippen LogP contribution in [-0.2, 0) is 6.54 Å². The standard InChI is InChI=1S/C21H21Cl3N4O2S/c22-21(23,24)19(25-18(30)14-5-2-1-3-6-14)26-20(31)27-10-13-9-15(12-27)16-7-4-8-17(29)28(16)11-13/h1-8,13,15,19H,9-12H2,(H,25,30)(H,26,31). The van der Waals surface area contributed by atoms with Crippen LogP contribution in [0.1, 0.15) is 28.4 Å². The number of benzene rings is 1. The van der Waals surface area contributed by atoms with Crippen LogP contribution in [0.15, 0.2) is 53.3 Å². The molecule has 2 N–H and O–H groups in total. The molecule has 3 atom stereocenters. The molecular formula is C21H21Cl3N4O2S. The highest BCUT2D eigenvalue weighted by atomic mass is 35.6. The number of thiocarbonyl (C=S) groups is 1. The number of halogens is 3.